The minimum Gasteiger partial charge on any atom is -0.354 e. The van der Waals surface area contributed by atoms with Crippen LogP contribution in [-0.2, 0) is 0 Å². The number of amides is 1. The maximum atomic E-state index is 12.9. The number of para-hydroxylation sites is 1. The van der Waals surface area contributed by atoms with Crippen molar-refractivity contribution in [2.45, 2.75) is 13.8 Å². The van der Waals surface area contributed by atoms with Gasteiger partial charge in [0, 0.05) is 17.6 Å². The van der Waals surface area contributed by atoms with Gasteiger partial charge in [-0.1, -0.05) is 18.2 Å². The second-order valence-electron chi connectivity index (χ2n) is 5.82. The molecule has 3 rings (SSSR count). The molecule has 2 N–H and O–H groups in total. The summed E-state index contributed by atoms with van der Waals surface area (Å²) in [5.41, 5.74) is 4.90. The molecular weight excluding hydrogens is 317 g/mol. The summed E-state index contributed by atoms with van der Waals surface area (Å²) in [7, 11) is 0. The van der Waals surface area contributed by atoms with Crippen molar-refractivity contribution in [3.8, 4) is 0 Å². The molecule has 0 fully saturated rings. The molecule has 0 atom stereocenters. The SMILES string of the molecule is Cc1cccc(C)c1Nc1cncc(C(=O)Nc2ccc(F)cc2)c1. The van der Waals surface area contributed by atoms with Crippen LogP contribution >= 0.6 is 0 Å². The van der Waals surface area contributed by atoms with Crippen LogP contribution in [0.2, 0.25) is 0 Å². The van der Waals surface area contributed by atoms with Gasteiger partial charge in [-0.2, -0.15) is 0 Å². The van der Waals surface area contributed by atoms with E-state index in [1.165, 1.54) is 30.5 Å². The van der Waals surface area contributed by atoms with Crippen LogP contribution in [0.3, 0.4) is 0 Å². The fraction of sp³-hybridized carbons (Fsp3) is 0.100. The number of anilines is 3. The lowest BCUT2D eigenvalue weighted by molar-refractivity contribution is 0.102. The van der Waals surface area contributed by atoms with Crippen molar-refractivity contribution in [3.05, 3.63) is 83.4 Å². The molecule has 1 amide bonds. The smallest absolute Gasteiger partial charge is 0.257 e. The zero-order chi connectivity index (χ0) is 17.8. The minimum absolute atomic E-state index is 0.302. The predicted molar refractivity (Wildman–Crippen MR) is 97.8 cm³/mol. The fourth-order valence-electron chi connectivity index (χ4n) is 2.52. The molecule has 0 aliphatic rings. The first kappa shape index (κ1) is 16.6. The van der Waals surface area contributed by atoms with E-state index in [1.54, 1.807) is 12.3 Å². The Hall–Kier alpha value is -3.21. The lowest BCUT2D eigenvalue weighted by Crippen LogP contribution is -2.12. The maximum absolute atomic E-state index is 12.9. The second kappa shape index (κ2) is 7.13. The summed E-state index contributed by atoms with van der Waals surface area (Å²) >= 11 is 0. The van der Waals surface area contributed by atoms with Crippen molar-refractivity contribution < 1.29 is 9.18 Å². The third-order valence-electron chi connectivity index (χ3n) is 3.85. The van der Waals surface area contributed by atoms with Gasteiger partial charge in [-0.05, 0) is 55.3 Å². The van der Waals surface area contributed by atoms with Gasteiger partial charge in [0.2, 0.25) is 0 Å². The molecule has 4 nitrogen and oxygen atoms in total. The number of halogens is 1. The number of rotatable bonds is 4. The highest BCUT2D eigenvalue weighted by atomic mass is 19.1. The number of aromatic nitrogens is 1. The van der Waals surface area contributed by atoms with Crippen molar-refractivity contribution >= 4 is 23.0 Å². The summed E-state index contributed by atoms with van der Waals surface area (Å²) < 4.78 is 12.9. The van der Waals surface area contributed by atoms with E-state index in [4.69, 9.17) is 0 Å². The Balaban J connectivity index is 1.79. The number of hydrogen-bond acceptors (Lipinski definition) is 3. The third-order valence-corrected chi connectivity index (χ3v) is 3.85. The molecular formula is C20H18FN3O. The van der Waals surface area contributed by atoms with E-state index in [0.717, 1.165) is 22.5 Å². The summed E-state index contributed by atoms with van der Waals surface area (Å²) in [5, 5.41) is 6.04. The Labute approximate surface area is 145 Å². The first-order chi connectivity index (χ1) is 12.0. The number of nitrogens with one attached hydrogen (secondary N) is 2. The van der Waals surface area contributed by atoms with E-state index in [2.05, 4.69) is 15.6 Å². The number of carbonyl (C=O) groups excluding carboxylic acids is 1. The van der Waals surface area contributed by atoms with Crippen LogP contribution in [0.25, 0.3) is 0 Å². The van der Waals surface area contributed by atoms with Gasteiger partial charge in [0.05, 0.1) is 17.4 Å². The van der Waals surface area contributed by atoms with Gasteiger partial charge in [0.25, 0.3) is 5.91 Å². The molecule has 0 spiro atoms. The lowest BCUT2D eigenvalue weighted by atomic mass is 10.1. The van der Waals surface area contributed by atoms with Gasteiger partial charge in [-0.15, -0.1) is 0 Å². The molecule has 126 valence electrons. The number of benzene rings is 2. The average molecular weight is 335 g/mol. The first-order valence-electron chi connectivity index (χ1n) is 7.88. The Bertz CT molecular complexity index is 887. The summed E-state index contributed by atoms with van der Waals surface area (Å²) in [6.45, 7) is 4.04. The largest absolute Gasteiger partial charge is 0.354 e. The van der Waals surface area contributed by atoms with Gasteiger partial charge in [-0.25, -0.2) is 4.39 Å². The molecule has 5 heteroatoms. The van der Waals surface area contributed by atoms with Crippen LogP contribution in [-0.4, -0.2) is 10.9 Å². The summed E-state index contributed by atoms with van der Waals surface area (Å²) in [4.78, 5) is 16.5. The molecule has 3 aromatic rings. The Kier molecular flexibility index (Phi) is 4.75. The van der Waals surface area contributed by atoms with Crippen LogP contribution < -0.4 is 10.6 Å². The number of pyridine rings is 1. The van der Waals surface area contributed by atoms with Crippen LogP contribution in [0.1, 0.15) is 21.5 Å². The van der Waals surface area contributed by atoms with E-state index >= 15 is 0 Å². The van der Waals surface area contributed by atoms with Crippen molar-refractivity contribution in [2.75, 3.05) is 10.6 Å². The van der Waals surface area contributed by atoms with E-state index < -0.39 is 0 Å². The highest BCUT2D eigenvalue weighted by molar-refractivity contribution is 6.04. The average Bonchev–Trinajstić information content (AvgIpc) is 2.60. The van der Waals surface area contributed by atoms with Crippen LogP contribution in [0.15, 0.2) is 60.9 Å². The van der Waals surface area contributed by atoms with E-state index in [-0.39, 0.29) is 11.7 Å². The fourth-order valence-corrected chi connectivity index (χ4v) is 2.52. The first-order valence-corrected chi connectivity index (χ1v) is 7.88. The van der Waals surface area contributed by atoms with E-state index in [0.29, 0.717) is 11.3 Å². The topological polar surface area (TPSA) is 54.0 Å². The molecule has 0 bridgehead atoms. The Morgan fingerprint density at radius 1 is 0.960 bits per heavy atom. The number of nitrogens with zero attached hydrogens (tertiary/aromatic N) is 1. The monoisotopic (exact) mass is 335 g/mol. The Morgan fingerprint density at radius 3 is 2.32 bits per heavy atom. The van der Waals surface area contributed by atoms with Crippen LogP contribution in [0, 0.1) is 19.7 Å². The van der Waals surface area contributed by atoms with Crippen molar-refractivity contribution in [3.63, 3.8) is 0 Å². The van der Waals surface area contributed by atoms with E-state index in [9.17, 15) is 9.18 Å². The zero-order valence-corrected chi connectivity index (χ0v) is 14.0. The molecule has 2 aromatic carbocycles. The van der Waals surface area contributed by atoms with Gasteiger partial charge in [0.15, 0.2) is 0 Å². The van der Waals surface area contributed by atoms with Gasteiger partial charge >= 0.3 is 0 Å². The molecule has 0 unspecified atom stereocenters. The molecule has 0 aliphatic carbocycles. The standard InChI is InChI=1S/C20H18FN3O/c1-13-4-3-5-14(2)19(13)23-18-10-15(11-22-12-18)20(25)24-17-8-6-16(21)7-9-17/h3-12,23H,1-2H3,(H,24,25). The second-order valence-corrected chi connectivity index (χ2v) is 5.82. The van der Waals surface area contributed by atoms with Gasteiger partial charge < -0.3 is 10.6 Å². The quantitative estimate of drug-likeness (QED) is 0.718. The summed E-state index contributed by atoms with van der Waals surface area (Å²) in [5.74, 6) is -0.649. The number of hydrogen-bond donors (Lipinski definition) is 2. The highest BCUT2D eigenvalue weighted by Crippen LogP contribution is 2.24. The summed E-state index contributed by atoms with van der Waals surface area (Å²) in [6.07, 6.45) is 3.16. The van der Waals surface area contributed by atoms with Crippen molar-refractivity contribution in [2.24, 2.45) is 0 Å². The molecule has 0 saturated carbocycles. The predicted octanol–water partition coefficient (Wildman–Crippen LogP) is 4.83. The van der Waals surface area contributed by atoms with Crippen LogP contribution in [0.5, 0.6) is 0 Å². The van der Waals surface area contributed by atoms with Crippen molar-refractivity contribution in [1.82, 2.24) is 4.98 Å². The zero-order valence-electron chi connectivity index (χ0n) is 14.0. The Morgan fingerprint density at radius 2 is 1.64 bits per heavy atom. The molecule has 1 aromatic heterocycles. The number of aryl methyl sites for hydroxylation is 2. The molecule has 1 heterocycles. The normalized spacial score (nSPS) is 10.4. The number of carbonyl (C=O) groups is 1. The summed E-state index contributed by atoms with van der Waals surface area (Å²) in [6, 6.07) is 13.4. The lowest BCUT2D eigenvalue weighted by Gasteiger charge is -2.13. The molecule has 0 radical (unpaired) electrons. The van der Waals surface area contributed by atoms with Crippen molar-refractivity contribution in [1.29, 1.82) is 0 Å². The molecule has 0 aliphatic heterocycles. The van der Waals surface area contributed by atoms with Gasteiger partial charge in [-0.3, -0.25) is 9.78 Å². The highest BCUT2D eigenvalue weighted by Gasteiger charge is 2.09. The molecule has 25 heavy (non-hydrogen) atoms. The molecule has 0 saturated heterocycles. The minimum atomic E-state index is -0.348. The van der Waals surface area contributed by atoms with Crippen LogP contribution in [0.4, 0.5) is 21.5 Å². The third kappa shape index (κ3) is 4.01. The van der Waals surface area contributed by atoms with Gasteiger partial charge in [0.1, 0.15) is 5.82 Å². The maximum Gasteiger partial charge on any atom is 0.257 e. The van der Waals surface area contributed by atoms with E-state index in [1.807, 2.05) is 32.0 Å².